The summed E-state index contributed by atoms with van der Waals surface area (Å²) >= 11 is 6.04. The smallest absolute Gasteiger partial charge is 0.300 e. The minimum atomic E-state index is -0.833. The third-order valence-corrected chi connectivity index (χ3v) is 6.44. The highest BCUT2D eigenvalue weighted by atomic mass is 35.5. The molecule has 192 valence electrons. The lowest BCUT2D eigenvalue weighted by atomic mass is 9.73. The third kappa shape index (κ3) is 7.32. The number of anilines is 1. The second-order valence-corrected chi connectivity index (χ2v) is 10.2. The molecular weight excluding hydrogens is 476 g/mol. The average molecular weight is 509 g/mol. The number of rotatable bonds is 3. The van der Waals surface area contributed by atoms with Crippen LogP contribution in [0.1, 0.15) is 33.1 Å². The molecule has 1 unspecified atom stereocenters. The standard InChI is InChI=1S/C20H25ClN4O2.2C2H4O2/c1-23-10-20(11-23)12-25(13-20)18(26)7-14-3-2-6-24(9-14)19-22-16-5-4-15(21)8-17(16)27-19;2*1-2(3)4/h4-5,8,14H,2-3,6-7,9-13H2,1H3;2*1H3,(H,3,4). The van der Waals surface area contributed by atoms with Crippen LogP contribution in [0, 0.1) is 11.3 Å². The van der Waals surface area contributed by atoms with Gasteiger partial charge in [-0.25, -0.2) is 0 Å². The Hall–Kier alpha value is -2.85. The van der Waals surface area contributed by atoms with E-state index in [2.05, 4.69) is 21.8 Å². The Kier molecular flexibility index (Phi) is 8.60. The van der Waals surface area contributed by atoms with E-state index >= 15 is 0 Å². The van der Waals surface area contributed by atoms with Crippen molar-refractivity contribution < 1.29 is 29.0 Å². The Balaban J connectivity index is 0.000000376. The molecule has 3 fully saturated rings. The maximum Gasteiger partial charge on any atom is 0.300 e. The molecule has 1 aromatic carbocycles. The first-order valence-corrected chi connectivity index (χ1v) is 12.0. The fraction of sp³-hybridized carbons (Fsp3) is 0.583. The molecule has 1 amide bonds. The minimum absolute atomic E-state index is 0.311. The third-order valence-electron chi connectivity index (χ3n) is 6.21. The number of hydrogen-bond acceptors (Lipinski definition) is 7. The number of amides is 1. The molecule has 1 spiro atoms. The van der Waals surface area contributed by atoms with Gasteiger partial charge in [0.25, 0.3) is 18.0 Å². The fourth-order valence-electron chi connectivity index (χ4n) is 5.04. The van der Waals surface area contributed by atoms with E-state index in [0.29, 0.717) is 40.3 Å². The zero-order valence-electron chi connectivity index (χ0n) is 20.4. The van der Waals surface area contributed by atoms with Crippen molar-refractivity contribution >= 4 is 46.6 Å². The molecule has 2 N–H and O–H groups in total. The van der Waals surface area contributed by atoms with Crippen LogP contribution in [-0.2, 0) is 14.4 Å². The number of oxazole rings is 1. The van der Waals surface area contributed by atoms with Gasteiger partial charge in [0, 0.05) is 76.0 Å². The number of carboxylic acid groups (broad SMARTS) is 2. The van der Waals surface area contributed by atoms with Gasteiger partial charge >= 0.3 is 0 Å². The molecule has 11 heteroatoms. The van der Waals surface area contributed by atoms with Crippen molar-refractivity contribution in [2.24, 2.45) is 11.3 Å². The van der Waals surface area contributed by atoms with Crippen LogP contribution in [0.2, 0.25) is 5.02 Å². The molecule has 35 heavy (non-hydrogen) atoms. The zero-order chi connectivity index (χ0) is 25.8. The Morgan fingerprint density at radius 1 is 1.14 bits per heavy atom. The number of carbonyl (C=O) groups is 3. The summed E-state index contributed by atoms with van der Waals surface area (Å²) in [7, 11) is 2.15. The molecule has 3 aliphatic rings. The van der Waals surface area contributed by atoms with Gasteiger partial charge in [-0.1, -0.05) is 11.6 Å². The number of halogens is 1. The van der Waals surface area contributed by atoms with Gasteiger partial charge in [0.05, 0.1) is 0 Å². The van der Waals surface area contributed by atoms with Crippen LogP contribution in [-0.4, -0.2) is 89.2 Å². The number of aromatic nitrogens is 1. The van der Waals surface area contributed by atoms with Crippen molar-refractivity contribution in [3.05, 3.63) is 23.2 Å². The van der Waals surface area contributed by atoms with Gasteiger partial charge < -0.3 is 29.3 Å². The molecule has 2 aromatic rings. The fourth-order valence-corrected chi connectivity index (χ4v) is 5.20. The Bertz CT molecular complexity index is 1040. The summed E-state index contributed by atoms with van der Waals surface area (Å²) in [6.07, 6.45) is 2.79. The number of carboxylic acids is 2. The lowest BCUT2D eigenvalue weighted by Gasteiger charge is -2.59. The van der Waals surface area contributed by atoms with E-state index in [1.54, 1.807) is 6.07 Å². The molecule has 0 radical (unpaired) electrons. The monoisotopic (exact) mass is 508 g/mol. The summed E-state index contributed by atoms with van der Waals surface area (Å²) < 4.78 is 5.91. The molecule has 4 heterocycles. The zero-order valence-corrected chi connectivity index (χ0v) is 21.1. The van der Waals surface area contributed by atoms with Crippen LogP contribution >= 0.6 is 11.6 Å². The molecule has 3 aliphatic heterocycles. The predicted molar refractivity (Wildman–Crippen MR) is 132 cm³/mol. The number of piperidine rings is 1. The first kappa shape index (κ1) is 26.7. The van der Waals surface area contributed by atoms with Crippen LogP contribution in [0.25, 0.3) is 11.1 Å². The lowest BCUT2D eigenvalue weighted by molar-refractivity contribution is -0.157. The number of likely N-dealkylation sites (tertiary alicyclic amines) is 2. The van der Waals surface area contributed by atoms with Crippen molar-refractivity contribution in [3.8, 4) is 0 Å². The van der Waals surface area contributed by atoms with E-state index in [9.17, 15) is 4.79 Å². The van der Waals surface area contributed by atoms with E-state index in [0.717, 1.165) is 71.5 Å². The van der Waals surface area contributed by atoms with Crippen molar-refractivity contribution in [2.75, 3.05) is 51.2 Å². The van der Waals surface area contributed by atoms with Crippen LogP contribution in [0.3, 0.4) is 0 Å². The maximum atomic E-state index is 12.7. The van der Waals surface area contributed by atoms with Crippen LogP contribution in [0.4, 0.5) is 6.01 Å². The van der Waals surface area contributed by atoms with E-state index in [1.165, 1.54) is 0 Å². The number of benzene rings is 1. The van der Waals surface area contributed by atoms with E-state index < -0.39 is 11.9 Å². The van der Waals surface area contributed by atoms with E-state index in [-0.39, 0.29) is 0 Å². The summed E-state index contributed by atoms with van der Waals surface area (Å²) in [4.78, 5) is 41.8. The molecule has 3 saturated heterocycles. The number of carbonyl (C=O) groups excluding carboxylic acids is 1. The highest BCUT2D eigenvalue weighted by Gasteiger charge is 2.51. The van der Waals surface area contributed by atoms with Crippen molar-refractivity contribution in [2.45, 2.75) is 33.1 Å². The largest absolute Gasteiger partial charge is 0.481 e. The number of fused-ring (bicyclic) bond motifs is 1. The SMILES string of the molecule is CC(=O)O.CC(=O)O.CN1CC2(C1)CN(C(=O)CC1CCCN(c3nc4ccc(Cl)cc4o3)C1)C2. The topological polar surface area (TPSA) is 127 Å². The summed E-state index contributed by atoms with van der Waals surface area (Å²) in [5.74, 6) is -0.989. The predicted octanol–water partition coefficient (Wildman–Crippen LogP) is 3.04. The molecule has 1 atom stereocenters. The van der Waals surface area contributed by atoms with Crippen LogP contribution in [0.5, 0.6) is 0 Å². The van der Waals surface area contributed by atoms with E-state index in [1.807, 2.05) is 17.0 Å². The molecule has 0 saturated carbocycles. The highest BCUT2D eigenvalue weighted by Crippen LogP contribution is 2.39. The van der Waals surface area contributed by atoms with Gasteiger partial charge in [0.15, 0.2) is 5.58 Å². The summed E-state index contributed by atoms with van der Waals surface area (Å²) in [6.45, 7) is 8.07. The average Bonchev–Trinajstić information content (AvgIpc) is 3.12. The van der Waals surface area contributed by atoms with Gasteiger partial charge in [-0.3, -0.25) is 14.4 Å². The molecule has 0 bridgehead atoms. The summed E-state index contributed by atoms with van der Waals surface area (Å²) in [5.41, 5.74) is 1.94. The molecule has 10 nitrogen and oxygen atoms in total. The summed E-state index contributed by atoms with van der Waals surface area (Å²) in [5, 5.41) is 15.5. The summed E-state index contributed by atoms with van der Waals surface area (Å²) in [6, 6.07) is 6.15. The molecule has 5 rings (SSSR count). The van der Waals surface area contributed by atoms with Gasteiger partial charge in [-0.05, 0) is 37.9 Å². The molecule has 0 aliphatic carbocycles. The van der Waals surface area contributed by atoms with Crippen LogP contribution in [0.15, 0.2) is 22.6 Å². The second-order valence-electron chi connectivity index (χ2n) is 9.73. The quantitative estimate of drug-likeness (QED) is 0.642. The molecular formula is C24H33ClN4O6. The number of nitrogens with zero attached hydrogens (tertiary/aromatic N) is 4. The van der Waals surface area contributed by atoms with Gasteiger partial charge in [0.1, 0.15) is 5.52 Å². The van der Waals surface area contributed by atoms with E-state index in [4.69, 9.17) is 35.8 Å². The van der Waals surface area contributed by atoms with Crippen molar-refractivity contribution in [3.63, 3.8) is 0 Å². The highest BCUT2D eigenvalue weighted by molar-refractivity contribution is 6.31. The minimum Gasteiger partial charge on any atom is -0.481 e. The Labute approximate surface area is 209 Å². The Morgan fingerprint density at radius 3 is 2.37 bits per heavy atom. The van der Waals surface area contributed by atoms with Gasteiger partial charge in [0.2, 0.25) is 5.91 Å². The Morgan fingerprint density at radius 2 is 1.77 bits per heavy atom. The molecule has 1 aromatic heterocycles. The number of hydrogen-bond donors (Lipinski definition) is 2. The second kappa shape index (κ2) is 11.3. The van der Waals surface area contributed by atoms with Crippen LogP contribution < -0.4 is 4.90 Å². The number of aliphatic carboxylic acids is 2. The van der Waals surface area contributed by atoms with Crippen molar-refractivity contribution in [1.29, 1.82) is 0 Å². The van der Waals surface area contributed by atoms with Gasteiger partial charge in [-0.2, -0.15) is 4.98 Å². The first-order chi connectivity index (χ1) is 16.5. The van der Waals surface area contributed by atoms with Gasteiger partial charge in [-0.15, -0.1) is 0 Å². The lowest BCUT2D eigenvalue weighted by Crippen LogP contribution is -2.72. The maximum absolute atomic E-state index is 12.7. The first-order valence-electron chi connectivity index (χ1n) is 11.6. The normalized spacial score (nSPS) is 20.6. The van der Waals surface area contributed by atoms with Crippen molar-refractivity contribution in [1.82, 2.24) is 14.8 Å².